The van der Waals surface area contributed by atoms with Crippen molar-refractivity contribution in [1.29, 1.82) is 0 Å². The highest BCUT2D eigenvalue weighted by atomic mass is 32.2. The maximum Gasteiger partial charge on any atom is 0.263 e. The van der Waals surface area contributed by atoms with E-state index in [1.165, 1.54) is 53.6 Å². The predicted molar refractivity (Wildman–Crippen MR) is 113 cm³/mol. The van der Waals surface area contributed by atoms with Crippen LogP contribution in [0.4, 0.5) is 10.8 Å². The topological polar surface area (TPSA) is 114 Å². The number of thiazole rings is 1. The van der Waals surface area contributed by atoms with E-state index in [9.17, 15) is 13.2 Å². The van der Waals surface area contributed by atoms with Crippen molar-refractivity contribution in [1.82, 2.24) is 9.97 Å². The van der Waals surface area contributed by atoms with Crippen molar-refractivity contribution < 1.29 is 17.6 Å². The number of hydrogen-bond donors (Lipinski definition) is 2. The number of aromatic nitrogens is 2. The lowest BCUT2D eigenvalue weighted by Gasteiger charge is -2.07. The van der Waals surface area contributed by atoms with Crippen LogP contribution in [0.15, 0.2) is 74.6 Å². The maximum atomic E-state index is 12.3. The van der Waals surface area contributed by atoms with Gasteiger partial charge in [-0.2, -0.15) is 0 Å². The maximum absolute atomic E-state index is 12.3. The smallest absolute Gasteiger partial charge is 0.263 e. The number of nitrogens with one attached hydrogen (secondary N) is 2. The lowest BCUT2D eigenvalue weighted by atomic mass is 10.3. The van der Waals surface area contributed by atoms with Crippen LogP contribution in [0.3, 0.4) is 0 Å². The van der Waals surface area contributed by atoms with Crippen LogP contribution in [-0.2, 0) is 14.8 Å². The van der Waals surface area contributed by atoms with Crippen LogP contribution in [0.1, 0.15) is 0 Å². The van der Waals surface area contributed by atoms with E-state index in [0.717, 1.165) is 5.52 Å². The average Bonchev–Trinajstić information content (AvgIpc) is 3.35. The second-order valence-electron chi connectivity index (χ2n) is 5.75. The molecule has 11 heteroatoms. The molecule has 0 fully saturated rings. The Kier molecular flexibility index (Phi) is 5.51. The number of rotatable bonds is 7. The summed E-state index contributed by atoms with van der Waals surface area (Å²) in [5.41, 5.74) is 1.89. The zero-order valence-electron chi connectivity index (χ0n) is 14.7. The molecular weight excluding hydrogens is 432 g/mol. The molecule has 1 amide bonds. The number of sulfonamides is 1. The Morgan fingerprint density at radius 2 is 1.93 bits per heavy atom. The lowest BCUT2D eigenvalue weighted by molar-refractivity contribution is -0.113. The first-order valence-corrected chi connectivity index (χ1v) is 11.6. The monoisotopic (exact) mass is 446 g/mol. The molecule has 2 heterocycles. The number of oxazole rings is 1. The highest BCUT2D eigenvalue weighted by Crippen LogP contribution is 2.24. The lowest BCUT2D eigenvalue weighted by Crippen LogP contribution is -2.15. The van der Waals surface area contributed by atoms with Crippen molar-refractivity contribution in [2.75, 3.05) is 15.8 Å². The van der Waals surface area contributed by atoms with E-state index in [1.54, 1.807) is 5.38 Å². The van der Waals surface area contributed by atoms with Crippen molar-refractivity contribution in [3.05, 3.63) is 60.1 Å². The summed E-state index contributed by atoms with van der Waals surface area (Å²) in [7, 11) is -3.73. The molecule has 0 aliphatic rings. The largest absolute Gasteiger partial charge is 0.431 e. The molecule has 0 spiro atoms. The van der Waals surface area contributed by atoms with Gasteiger partial charge in [0.05, 0.1) is 10.6 Å². The Bertz CT molecular complexity index is 1200. The Hall–Kier alpha value is -2.89. The molecule has 0 aliphatic carbocycles. The summed E-state index contributed by atoms with van der Waals surface area (Å²) in [6.45, 7) is 0. The molecule has 0 saturated carbocycles. The zero-order valence-corrected chi connectivity index (χ0v) is 17.2. The standard InChI is InChI=1S/C18H14N4O4S3/c23-16(11-28-18-21-14-3-1-2-4-15(14)26-18)20-12-5-7-13(8-6-12)29(24,25)22-17-19-9-10-27-17/h1-10H,11H2,(H,19,22)(H,20,23). The summed E-state index contributed by atoms with van der Waals surface area (Å²) in [5.74, 6) is -0.146. The van der Waals surface area contributed by atoms with E-state index >= 15 is 0 Å². The van der Waals surface area contributed by atoms with Gasteiger partial charge in [-0.15, -0.1) is 11.3 Å². The van der Waals surface area contributed by atoms with Gasteiger partial charge in [-0.05, 0) is 36.4 Å². The minimum absolute atomic E-state index is 0.0755. The van der Waals surface area contributed by atoms with Crippen LogP contribution in [0.5, 0.6) is 0 Å². The number of carbonyl (C=O) groups excluding carboxylic acids is 1. The number of anilines is 2. The van der Waals surface area contributed by atoms with Crippen molar-refractivity contribution in [3.8, 4) is 0 Å². The quantitative estimate of drug-likeness (QED) is 0.415. The Morgan fingerprint density at radius 3 is 2.66 bits per heavy atom. The first-order chi connectivity index (χ1) is 14.0. The Morgan fingerprint density at radius 1 is 1.14 bits per heavy atom. The fraction of sp³-hybridized carbons (Fsp3) is 0.0556. The van der Waals surface area contributed by atoms with E-state index in [4.69, 9.17) is 4.42 Å². The van der Waals surface area contributed by atoms with E-state index < -0.39 is 10.0 Å². The average molecular weight is 447 g/mol. The van der Waals surface area contributed by atoms with Crippen molar-refractivity contribution in [2.45, 2.75) is 10.1 Å². The van der Waals surface area contributed by atoms with Crippen LogP contribution >= 0.6 is 23.1 Å². The van der Waals surface area contributed by atoms with E-state index in [2.05, 4.69) is 20.0 Å². The van der Waals surface area contributed by atoms with E-state index in [0.29, 0.717) is 21.6 Å². The number of benzene rings is 2. The van der Waals surface area contributed by atoms with Gasteiger partial charge < -0.3 is 9.73 Å². The van der Waals surface area contributed by atoms with Crippen molar-refractivity contribution in [3.63, 3.8) is 0 Å². The Balaban J connectivity index is 1.35. The summed E-state index contributed by atoms with van der Waals surface area (Å²) in [6, 6.07) is 13.2. The molecule has 0 aliphatic heterocycles. The second kappa shape index (κ2) is 8.23. The zero-order chi connectivity index (χ0) is 20.3. The molecule has 2 aromatic carbocycles. The molecule has 0 radical (unpaired) electrons. The number of fused-ring (bicyclic) bond motifs is 1. The summed E-state index contributed by atoms with van der Waals surface area (Å²) in [5, 5.41) is 5.09. The van der Waals surface area contributed by atoms with Crippen LogP contribution in [0.2, 0.25) is 0 Å². The number of carbonyl (C=O) groups is 1. The third-order valence-corrected chi connectivity index (χ3v) is 6.70. The van der Waals surface area contributed by atoms with E-state index in [1.807, 2.05) is 24.3 Å². The van der Waals surface area contributed by atoms with Gasteiger partial charge in [0.1, 0.15) is 5.52 Å². The highest BCUT2D eigenvalue weighted by Gasteiger charge is 2.16. The number of amides is 1. The van der Waals surface area contributed by atoms with Gasteiger partial charge in [-0.3, -0.25) is 9.52 Å². The molecule has 0 unspecified atom stereocenters. The van der Waals surface area contributed by atoms with Gasteiger partial charge >= 0.3 is 0 Å². The molecule has 0 saturated heterocycles. The van der Waals surface area contributed by atoms with Gasteiger partial charge in [0.2, 0.25) is 5.91 Å². The number of thioether (sulfide) groups is 1. The second-order valence-corrected chi connectivity index (χ2v) is 9.26. The summed E-state index contributed by atoms with van der Waals surface area (Å²) < 4.78 is 32.6. The van der Waals surface area contributed by atoms with Gasteiger partial charge in [0.25, 0.3) is 15.2 Å². The summed E-state index contributed by atoms with van der Waals surface area (Å²) in [4.78, 5) is 20.4. The fourth-order valence-corrected chi connectivity index (χ4v) is 4.83. The number of nitrogens with zero attached hydrogens (tertiary/aromatic N) is 2. The molecule has 4 rings (SSSR count). The molecule has 0 bridgehead atoms. The molecule has 8 nitrogen and oxygen atoms in total. The Labute approximate surface area is 174 Å². The molecule has 2 aromatic heterocycles. The van der Waals surface area contributed by atoms with Crippen molar-refractivity contribution >= 4 is 60.9 Å². The van der Waals surface area contributed by atoms with E-state index in [-0.39, 0.29) is 16.6 Å². The first kappa shape index (κ1) is 19.4. The van der Waals surface area contributed by atoms with Crippen molar-refractivity contribution in [2.24, 2.45) is 0 Å². The van der Waals surface area contributed by atoms with Crippen LogP contribution in [-0.4, -0.2) is 30.0 Å². The fourth-order valence-electron chi connectivity index (χ4n) is 2.40. The molecular formula is C18H14N4O4S3. The molecule has 148 valence electrons. The predicted octanol–water partition coefficient (Wildman–Crippen LogP) is 3.82. The number of para-hydroxylation sites is 2. The SMILES string of the molecule is O=C(CSc1nc2ccccc2o1)Nc1ccc(S(=O)(=O)Nc2nccs2)cc1. The first-order valence-electron chi connectivity index (χ1n) is 8.30. The summed E-state index contributed by atoms with van der Waals surface area (Å²) in [6.07, 6.45) is 1.51. The molecule has 0 atom stereocenters. The third kappa shape index (κ3) is 4.75. The normalized spacial score (nSPS) is 11.4. The minimum atomic E-state index is -3.73. The molecule has 4 aromatic rings. The van der Waals surface area contributed by atoms with Crippen LogP contribution in [0.25, 0.3) is 11.1 Å². The molecule has 29 heavy (non-hydrogen) atoms. The van der Waals surface area contributed by atoms with Gasteiger partial charge in [0.15, 0.2) is 10.7 Å². The van der Waals surface area contributed by atoms with Gasteiger partial charge in [-0.25, -0.2) is 18.4 Å². The highest BCUT2D eigenvalue weighted by molar-refractivity contribution is 7.99. The minimum Gasteiger partial charge on any atom is -0.431 e. The van der Waals surface area contributed by atoms with Crippen LogP contribution in [0, 0.1) is 0 Å². The van der Waals surface area contributed by atoms with Crippen LogP contribution < -0.4 is 10.0 Å². The van der Waals surface area contributed by atoms with Gasteiger partial charge in [0, 0.05) is 17.3 Å². The summed E-state index contributed by atoms with van der Waals surface area (Å²) >= 11 is 2.37. The number of hydrogen-bond acceptors (Lipinski definition) is 8. The molecule has 2 N–H and O–H groups in total. The third-order valence-electron chi connectivity index (χ3n) is 3.70. The van der Waals surface area contributed by atoms with Gasteiger partial charge in [-0.1, -0.05) is 23.9 Å².